The maximum absolute atomic E-state index is 13.9. The predicted molar refractivity (Wildman–Crippen MR) is 388 cm³/mol. The van der Waals surface area contributed by atoms with Gasteiger partial charge in [0.05, 0.1) is 11.4 Å². The Morgan fingerprint density at radius 3 is 0.663 bits per heavy atom. The molecular formula is C82H116Al2N4O4. The van der Waals surface area contributed by atoms with Crippen molar-refractivity contribution in [2.75, 3.05) is 0 Å². The van der Waals surface area contributed by atoms with E-state index in [0.717, 1.165) is 78.1 Å². The van der Waals surface area contributed by atoms with E-state index in [9.17, 15) is 20.4 Å². The Bertz CT molecular complexity index is 3030. The monoisotopic (exact) mass is 1270 g/mol. The fraction of sp³-hybridized carbons (Fsp3) is 0.488. The van der Waals surface area contributed by atoms with Crippen LogP contribution in [0.1, 0.15) is 255 Å². The van der Waals surface area contributed by atoms with Gasteiger partial charge in [-0.15, -0.1) is 23.0 Å². The Labute approximate surface area is 582 Å². The van der Waals surface area contributed by atoms with Crippen LogP contribution in [0, 0.1) is 28.7 Å². The van der Waals surface area contributed by atoms with E-state index in [0.29, 0.717) is 39.3 Å². The number of hydrogen-bond donors (Lipinski definition) is 0. The van der Waals surface area contributed by atoms with Gasteiger partial charge in [0.25, 0.3) is 0 Å². The smallest absolute Gasteiger partial charge is 0.872 e. The van der Waals surface area contributed by atoms with E-state index >= 15 is 0 Å². The Kier molecular flexibility index (Phi) is 30.2. The molecule has 5 aromatic carbocycles. The van der Waals surface area contributed by atoms with Crippen molar-refractivity contribution in [2.45, 2.75) is 263 Å². The number of rotatable bonds is 12. The summed E-state index contributed by atoms with van der Waals surface area (Å²) in [4.78, 5) is 13.6. The minimum absolute atomic E-state index is 0. The summed E-state index contributed by atoms with van der Waals surface area (Å²) in [5.41, 5.74) is 14.0. The fourth-order valence-electron chi connectivity index (χ4n) is 10.6. The molecule has 0 fully saturated rings. The molecule has 0 saturated carbocycles. The van der Waals surface area contributed by atoms with Crippen molar-refractivity contribution in [3.05, 3.63) is 226 Å². The zero-order valence-electron chi connectivity index (χ0n) is 62.4. The number of benzene rings is 5. The summed E-state index contributed by atoms with van der Waals surface area (Å²) in [6.45, 7) is 58.4. The topological polar surface area (TPSA) is 124 Å². The van der Waals surface area contributed by atoms with Crippen LogP contribution in [0.3, 0.4) is 0 Å². The van der Waals surface area contributed by atoms with Gasteiger partial charge in [-0.3, -0.25) is 19.8 Å². The quantitative estimate of drug-likeness (QED) is 0.0875. The minimum Gasteiger partial charge on any atom is -0.872 e. The first-order chi connectivity index (χ1) is 40.1. The third kappa shape index (κ3) is 24.1. The summed E-state index contributed by atoms with van der Waals surface area (Å²) in [7, 11) is 0. The van der Waals surface area contributed by atoms with E-state index in [1.54, 1.807) is 12.4 Å². The normalized spacial score (nSPS) is 12.3. The third-order valence-corrected chi connectivity index (χ3v) is 16.4. The molecule has 7 aromatic rings. The van der Waals surface area contributed by atoms with Crippen molar-refractivity contribution in [1.82, 2.24) is 19.8 Å². The second-order valence-electron chi connectivity index (χ2n) is 33.1. The van der Waals surface area contributed by atoms with Crippen molar-refractivity contribution in [3.63, 3.8) is 0 Å². The van der Waals surface area contributed by atoms with Gasteiger partial charge in [0.1, 0.15) is 0 Å². The number of nitrogens with zero attached hydrogens (tertiary/aromatic N) is 4. The fourth-order valence-corrected chi connectivity index (χ4v) is 10.6. The van der Waals surface area contributed by atoms with Crippen LogP contribution < -0.4 is 20.4 Å². The van der Waals surface area contributed by atoms with Crippen molar-refractivity contribution < 1.29 is 20.4 Å². The molecule has 0 aliphatic carbocycles. The van der Waals surface area contributed by atoms with Crippen LogP contribution in [-0.2, 0) is 82.6 Å². The van der Waals surface area contributed by atoms with Gasteiger partial charge < -0.3 is 35.3 Å². The maximum Gasteiger partial charge on any atom is 3.00 e. The molecule has 0 N–H and O–H groups in total. The molecule has 0 saturated heterocycles. The molecule has 2 heterocycles. The van der Waals surface area contributed by atoms with Crippen LogP contribution in [0.2, 0.25) is 0 Å². The van der Waals surface area contributed by atoms with Crippen molar-refractivity contribution in [3.8, 4) is 23.0 Å². The van der Waals surface area contributed by atoms with Crippen molar-refractivity contribution in [1.29, 1.82) is 0 Å². The summed E-state index contributed by atoms with van der Waals surface area (Å²) in [6, 6.07) is 36.9. The van der Waals surface area contributed by atoms with Crippen LogP contribution in [-0.4, -0.2) is 54.5 Å². The summed E-state index contributed by atoms with van der Waals surface area (Å²) in [6.07, 6.45) is 3.59. The average Bonchev–Trinajstić information content (AvgIpc) is 0.820. The third-order valence-electron chi connectivity index (χ3n) is 16.4. The standard InChI is InChI=1S/2C36H52N2O2.C8H10.2CH3.2Al/c2*1-33(2,3)26-17-24(31(39)29(19-26)35(7,8)9)21-38(23-28-15-13-14-16-37-28)22-25-18-27(34(4,5)6)20-30(32(25)40)36(10,11)12;1-7-3-5-8(2)6-4-7;;;;/h2*13-20,39-40H,21-23H2,1-12H3;3-6H,1-2H3;2*1H3;;/q;;;2*-1;2*+3/p-4. The zero-order valence-corrected chi connectivity index (χ0v) is 64.7. The van der Waals surface area contributed by atoms with E-state index in [1.807, 2.05) is 36.4 Å². The first-order valence-corrected chi connectivity index (χ1v) is 31.8. The molecular weight excluding hydrogens is 1160 g/mol. The number of pyridine rings is 2. The minimum atomic E-state index is -0.274. The van der Waals surface area contributed by atoms with Gasteiger partial charge in [-0.2, -0.15) is 0 Å². The molecule has 0 aliphatic heterocycles. The second kappa shape index (κ2) is 32.8. The molecule has 0 unspecified atom stereocenters. The molecule has 0 spiro atoms. The molecule has 0 atom stereocenters. The van der Waals surface area contributed by atoms with Crippen LogP contribution in [0.5, 0.6) is 23.0 Å². The Morgan fingerprint density at radius 1 is 0.293 bits per heavy atom. The largest absolute Gasteiger partial charge is 3.00 e. The summed E-state index contributed by atoms with van der Waals surface area (Å²) in [5, 5.41) is 55.5. The Morgan fingerprint density at radius 2 is 0.500 bits per heavy atom. The molecule has 0 bridgehead atoms. The maximum atomic E-state index is 13.9. The van der Waals surface area contributed by atoms with Crippen molar-refractivity contribution in [2.24, 2.45) is 0 Å². The van der Waals surface area contributed by atoms with E-state index in [2.05, 4.69) is 273 Å². The molecule has 8 nitrogen and oxygen atoms in total. The van der Waals surface area contributed by atoms with Crippen LogP contribution in [0.25, 0.3) is 0 Å². The molecule has 92 heavy (non-hydrogen) atoms. The summed E-state index contributed by atoms with van der Waals surface area (Å²) >= 11 is 0. The summed E-state index contributed by atoms with van der Waals surface area (Å²) in [5.74, 6) is 0.362. The number of aryl methyl sites for hydroxylation is 2. The SMILES string of the molecule is CC(C)(C)c1cc(CN(Cc2ccccn2)Cc2cc(C(C)(C)C)cc(C(C)(C)C)c2[O-])c([O-])c(C(C)(C)C)c1.CC(C)(C)c1cc(CN(Cc2ccccn2)Cc2cc(C(C)(C)C)cc(C(C)(C)C)c2[O-])c([O-])c(C(C)(C)C)c1.Cc1ccc(C)cc1.[Al+3].[Al+3].[CH3-].[CH3-]. The van der Waals surface area contributed by atoms with E-state index in [-0.39, 0.29) is 116 Å². The average molecular weight is 1280 g/mol. The van der Waals surface area contributed by atoms with Gasteiger partial charge in [0.15, 0.2) is 0 Å². The Balaban J connectivity index is 0.000000787. The first-order valence-electron chi connectivity index (χ1n) is 31.8. The molecule has 0 amide bonds. The Hall–Kier alpha value is -5.42. The first kappa shape index (κ1) is 84.6. The van der Waals surface area contributed by atoms with Gasteiger partial charge >= 0.3 is 34.7 Å². The predicted octanol–water partition coefficient (Wildman–Crippen LogP) is 17.7. The molecule has 2 aromatic heterocycles. The van der Waals surface area contributed by atoms with E-state index < -0.39 is 0 Å². The van der Waals surface area contributed by atoms with Crippen LogP contribution >= 0.6 is 0 Å². The molecule has 0 radical (unpaired) electrons. The molecule has 494 valence electrons. The number of hydrogen-bond acceptors (Lipinski definition) is 8. The number of aromatic nitrogens is 2. The van der Waals surface area contributed by atoms with E-state index in [4.69, 9.17) is 0 Å². The van der Waals surface area contributed by atoms with Gasteiger partial charge in [0.2, 0.25) is 0 Å². The van der Waals surface area contributed by atoms with Gasteiger partial charge in [-0.05, 0) is 148 Å². The van der Waals surface area contributed by atoms with Gasteiger partial charge in [0, 0.05) is 51.7 Å². The molecule has 10 heteroatoms. The van der Waals surface area contributed by atoms with E-state index in [1.165, 1.54) is 11.1 Å². The summed E-state index contributed by atoms with van der Waals surface area (Å²) < 4.78 is 0. The second-order valence-corrected chi connectivity index (χ2v) is 33.1. The molecule has 0 aliphatic rings. The van der Waals surface area contributed by atoms with Crippen LogP contribution in [0.15, 0.2) is 122 Å². The zero-order chi connectivity index (χ0) is 66.5. The van der Waals surface area contributed by atoms with Gasteiger partial charge in [-0.1, -0.05) is 262 Å². The van der Waals surface area contributed by atoms with Gasteiger partial charge in [-0.25, -0.2) is 0 Å². The molecule has 7 rings (SSSR count). The van der Waals surface area contributed by atoms with Crippen LogP contribution in [0.4, 0.5) is 0 Å². The van der Waals surface area contributed by atoms with Crippen molar-refractivity contribution >= 4 is 34.7 Å².